The molecule has 3 heterocycles. The SMILES string of the molecule is CC(Cc1nc(-c2nccs2)cs1)n1cc(Cl)cn1. The van der Waals surface area contributed by atoms with Crippen LogP contribution in [-0.2, 0) is 6.42 Å². The minimum Gasteiger partial charge on any atom is -0.268 e. The lowest BCUT2D eigenvalue weighted by Crippen LogP contribution is -2.08. The summed E-state index contributed by atoms with van der Waals surface area (Å²) in [6.45, 7) is 2.10. The Balaban J connectivity index is 1.74. The lowest BCUT2D eigenvalue weighted by molar-refractivity contribution is 0.488. The van der Waals surface area contributed by atoms with Crippen LogP contribution in [0.25, 0.3) is 10.7 Å². The monoisotopic (exact) mass is 310 g/mol. The molecule has 1 unspecified atom stereocenters. The van der Waals surface area contributed by atoms with Crippen molar-refractivity contribution >= 4 is 34.3 Å². The van der Waals surface area contributed by atoms with Gasteiger partial charge in [-0.1, -0.05) is 11.6 Å². The van der Waals surface area contributed by atoms with E-state index >= 15 is 0 Å². The number of rotatable bonds is 4. The molecule has 0 amide bonds. The molecule has 3 aromatic heterocycles. The molecule has 19 heavy (non-hydrogen) atoms. The van der Waals surface area contributed by atoms with Crippen LogP contribution in [-0.4, -0.2) is 19.7 Å². The van der Waals surface area contributed by atoms with E-state index in [9.17, 15) is 0 Å². The average molecular weight is 311 g/mol. The summed E-state index contributed by atoms with van der Waals surface area (Å²) in [6.07, 6.45) is 6.13. The number of hydrogen-bond donors (Lipinski definition) is 0. The summed E-state index contributed by atoms with van der Waals surface area (Å²) < 4.78 is 1.87. The lowest BCUT2D eigenvalue weighted by atomic mass is 10.2. The molecule has 3 aromatic rings. The van der Waals surface area contributed by atoms with E-state index in [1.165, 1.54) is 0 Å². The highest BCUT2D eigenvalue weighted by molar-refractivity contribution is 7.14. The lowest BCUT2D eigenvalue weighted by Gasteiger charge is -2.09. The van der Waals surface area contributed by atoms with E-state index in [1.807, 2.05) is 16.3 Å². The molecular weight excluding hydrogens is 300 g/mol. The molecule has 0 N–H and O–H groups in total. The van der Waals surface area contributed by atoms with Crippen LogP contribution in [0, 0.1) is 0 Å². The second kappa shape index (κ2) is 5.40. The van der Waals surface area contributed by atoms with Crippen molar-refractivity contribution in [2.75, 3.05) is 0 Å². The molecule has 1 atom stereocenters. The van der Waals surface area contributed by atoms with Crippen molar-refractivity contribution in [1.82, 2.24) is 19.7 Å². The van der Waals surface area contributed by atoms with Gasteiger partial charge in [0.25, 0.3) is 0 Å². The molecule has 4 nitrogen and oxygen atoms in total. The smallest absolute Gasteiger partial charge is 0.142 e. The summed E-state index contributed by atoms with van der Waals surface area (Å²) in [6, 6.07) is 0.239. The first kappa shape index (κ1) is 12.8. The summed E-state index contributed by atoms with van der Waals surface area (Å²) in [7, 11) is 0. The molecule has 0 spiro atoms. The molecular formula is C12H11ClN4S2. The van der Waals surface area contributed by atoms with Crippen LogP contribution < -0.4 is 0 Å². The molecule has 0 saturated carbocycles. The zero-order valence-corrected chi connectivity index (χ0v) is 12.5. The van der Waals surface area contributed by atoms with Gasteiger partial charge < -0.3 is 0 Å². The van der Waals surface area contributed by atoms with Gasteiger partial charge in [0, 0.05) is 29.6 Å². The number of halogens is 1. The highest BCUT2D eigenvalue weighted by Gasteiger charge is 2.12. The van der Waals surface area contributed by atoms with Crippen molar-refractivity contribution in [3.05, 3.63) is 39.4 Å². The Morgan fingerprint density at radius 3 is 3.00 bits per heavy atom. The van der Waals surface area contributed by atoms with Crippen molar-refractivity contribution in [3.8, 4) is 10.7 Å². The molecule has 0 saturated heterocycles. The van der Waals surface area contributed by atoms with Gasteiger partial charge in [-0.25, -0.2) is 9.97 Å². The standard InChI is InChI=1S/C12H11ClN4S2/c1-8(17-6-9(13)5-15-17)4-11-16-10(7-19-11)12-14-2-3-18-12/h2-3,5-8H,4H2,1H3. The van der Waals surface area contributed by atoms with Gasteiger partial charge in [0.05, 0.1) is 22.3 Å². The van der Waals surface area contributed by atoms with E-state index in [-0.39, 0.29) is 6.04 Å². The van der Waals surface area contributed by atoms with Gasteiger partial charge in [-0.3, -0.25) is 4.68 Å². The number of nitrogens with zero attached hydrogens (tertiary/aromatic N) is 4. The van der Waals surface area contributed by atoms with Crippen LogP contribution in [0.5, 0.6) is 0 Å². The predicted octanol–water partition coefficient (Wildman–Crippen LogP) is 3.92. The zero-order valence-electron chi connectivity index (χ0n) is 10.2. The normalized spacial score (nSPS) is 12.7. The highest BCUT2D eigenvalue weighted by Crippen LogP contribution is 2.25. The van der Waals surface area contributed by atoms with Crippen LogP contribution in [0.4, 0.5) is 0 Å². The van der Waals surface area contributed by atoms with E-state index in [2.05, 4.69) is 27.4 Å². The van der Waals surface area contributed by atoms with E-state index in [4.69, 9.17) is 11.6 Å². The number of thiazole rings is 2. The summed E-state index contributed by atoms with van der Waals surface area (Å²) in [5.74, 6) is 0. The largest absolute Gasteiger partial charge is 0.268 e. The minimum atomic E-state index is 0.239. The van der Waals surface area contributed by atoms with Crippen LogP contribution in [0.3, 0.4) is 0 Å². The fourth-order valence-corrected chi connectivity index (χ4v) is 3.47. The number of hydrogen-bond acceptors (Lipinski definition) is 5. The third kappa shape index (κ3) is 2.86. The van der Waals surface area contributed by atoms with Crippen LogP contribution in [0.15, 0.2) is 29.4 Å². The van der Waals surface area contributed by atoms with Crippen molar-refractivity contribution < 1.29 is 0 Å². The van der Waals surface area contributed by atoms with E-state index < -0.39 is 0 Å². The maximum Gasteiger partial charge on any atom is 0.142 e. The van der Waals surface area contributed by atoms with E-state index in [1.54, 1.807) is 35.1 Å². The van der Waals surface area contributed by atoms with E-state index in [0.29, 0.717) is 5.02 Å². The van der Waals surface area contributed by atoms with Gasteiger partial charge in [-0.2, -0.15) is 5.10 Å². The van der Waals surface area contributed by atoms with Crippen molar-refractivity contribution in [2.24, 2.45) is 0 Å². The molecule has 0 aliphatic rings. The molecule has 0 aromatic carbocycles. The molecule has 0 bridgehead atoms. The first-order valence-corrected chi connectivity index (χ1v) is 7.90. The molecule has 0 radical (unpaired) electrons. The van der Waals surface area contributed by atoms with Crippen molar-refractivity contribution in [2.45, 2.75) is 19.4 Å². The Hall–Kier alpha value is -1.24. The van der Waals surface area contributed by atoms with Crippen molar-refractivity contribution in [1.29, 1.82) is 0 Å². The summed E-state index contributed by atoms with van der Waals surface area (Å²) in [5, 5.41) is 11.0. The quantitative estimate of drug-likeness (QED) is 0.733. The average Bonchev–Trinajstić information content (AvgIpc) is 3.07. The second-order valence-electron chi connectivity index (χ2n) is 4.16. The van der Waals surface area contributed by atoms with Gasteiger partial charge >= 0.3 is 0 Å². The topological polar surface area (TPSA) is 43.6 Å². The first-order valence-electron chi connectivity index (χ1n) is 5.76. The summed E-state index contributed by atoms with van der Waals surface area (Å²) in [4.78, 5) is 8.89. The Morgan fingerprint density at radius 1 is 1.42 bits per heavy atom. The molecule has 98 valence electrons. The second-order valence-corrected chi connectivity index (χ2v) is 6.43. The maximum absolute atomic E-state index is 5.88. The van der Waals surface area contributed by atoms with Gasteiger partial charge in [-0.05, 0) is 6.92 Å². The Kier molecular flexibility index (Phi) is 3.63. The summed E-state index contributed by atoms with van der Waals surface area (Å²) in [5.41, 5.74) is 0.959. The van der Waals surface area contributed by atoms with Crippen molar-refractivity contribution in [3.63, 3.8) is 0 Å². The van der Waals surface area contributed by atoms with Gasteiger partial charge in [0.2, 0.25) is 0 Å². The van der Waals surface area contributed by atoms with Gasteiger partial charge in [0.1, 0.15) is 10.7 Å². The van der Waals surface area contributed by atoms with Crippen LogP contribution in [0.2, 0.25) is 5.02 Å². The van der Waals surface area contributed by atoms with Gasteiger partial charge in [-0.15, -0.1) is 22.7 Å². The Labute approximate surface area is 123 Å². The Bertz CT molecular complexity index is 659. The predicted molar refractivity (Wildman–Crippen MR) is 78.9 cm³/mol. The van der Waals surface area contributed by atoms with Crippen LogP contribution >= 0.6 is 34.3 Å². The maximum atomic E-state index is 5.88. The van der Waals surface area contributed by atoms with Gasteiger partial charge in [0.15, 0.2) is 0 Å². The Morgan fingerprint density at radius 2 is 2.32 bits per heavy atom. The number of aromatic nitrogens is 4. The third-order valence-corrected chi connectivity index (χ3v) is 4.56. The van der Waals surface area contributed by atoms with Crippen LogP contribution in [0.1, 0.15) is 18.0 Å². The molecule has 3 rings (SSSR count). The fourth-order valence-electron chi connectivity index (χ4n) is 1.75. The zero-order chi connectivity index (χ0) is 13.2. The third-order valence-electron chi connectivity index (χ3n) is 2.69. The molecule has 7 heteroatoms. The van der Waals surface area contributed by atoms with E-state index in [0.717, 1.165) is 22.1 Å². The molecule has 0 aliphatic carbocycles. The fraction of sp³-hybridized carbons (Fsp3) is 0.250. The summed E-state index contributed by atoms with van der Waals surface area (Å²) >= 11 is 9.14. The molecule has 0 aliphatic heterocycles. The minimum absolute atomic E-state index is 0.239. The first-order chi connectivity index (χ1) is 9.22. The highest BCUT2D eigenvalue weighted by atomic mass is 35.5. The molecule has 0 fully saturated rings.